The van der Waals surface area contributed by atoms with Gasteiger partial charge in [0.2, 0.25) is 21.8 Å². The van der Waals surface area contributed by atoms with Crippen molar-refractivity contribution in [3.63, 3.8) is 0 Å². The maximum atomic E-state index is 13.5. The van der Waals surface area contributed by atoms with Crippen molar-refractivity contribution >= 4 is 27.5 Å². The van der Waals surface area contributed by atoms with Crippen molar-refractivity contribution in [1.82, 2.24) is 10.2 Å². The molecular weight excluding hydrogens is 469 g/mol. The highest BCUT2D eigenvalue weighted by molar-refractivity contribution is 7.92. The molecule has 0 fully saturated rings. The summed E-state index contributed by atoms with van der Waals surface area (Å²) in [6.45, 7) is 10.7. The molecule has 1 atom stereocenters. The SMILES string of the molecule is CC(C)c1ccc(N(CC(=O)N(Cc2ccc(F)cc2)[C@H](C)C(=O)NC(C)(C)C)S(C)(=O)=O)cc1. The Labute approximate surface area is 208 Å². The molecule has 0 aromatic heterocycles. The lowest BCUT2D eigenvalue weighted by Crippen LogP contribution is -2.54. The fourth-order valence-electron chi connectivity index (χ4n) is 3.48. The minimum absolute atomic E-state index is 0.0156. The number of nitrogens with one attached hydrogen (secondary N) is 1. The molecule has 0 aliphatic carbocycles. The Bertz CT molecular complexity index is 1120. The van der Waals surface area contributed by atoms with E-state index in [-0.39, 0.29) is 18.4 Å². The molecule has 0 radical (unpaired) electrons. The first kappa shape index (κ1) is 28.3. The molecule has 9 heteroatoms. The van der Waals surface area contributed by atoms with Crippen LogP contribution in [-0.4, -0.2) is 49.5 Å². The number of carbonyl (C=O) groups is 2. The van der Waals surface area contributed by atoms with E-state index < -0.39 is 39.9 Å². The van der Waals surface area contributed by atoms with E-state index in [9.17, 15) is 22.4 Å². The van der Waals surface area contributed by atoms with Gasteiger partial charge in [-0.3, -0.25) is 13.9 Å². The average Bonchev–Trinajstić information content (AvgIpc) is 2.74. The summed E-state index contributed by atoms with van der Waals surface area (Å²) in [5.41, 5.74) is 1.49. The van der Waals surface area contributed by atoms with E-state index >= 15 is 0 Å². The molecule has 2 aromatic rings. The molecular formula is C26H36FN3O4S. The lowest BCUT2D eigenvalue weighted by Gasteiger charge is -2.33. The van der Waals surface area contributed by atoms with Crippen molar-refractivity contribution < 1.29 is 22.4 Å². The van der Waals surface area contributed by atoms with Crippen molar-refractivity contribution in [3.05, 3.63) is 65.5 Å². The van der Waals surface area contributed by atoms with Gasteiger partial charge < -0.3 is 10.2 Å². The summed E-state index contributed by atoms with van der Waals surface area (Å²) in [5, 5.41) is 2.86. The van der Waals surface area contributed by atoms with Crippen LogP contribution in [0.15, 0.2) is 48.5 Å². The molecule has 0 heterocycles. The number of rotatable bonds is 9. The van der Waals surface area contributed by atoms with Crippen LogP contribution in [0.5, 0.6) is 0 Å². The first-order chi connectivity index (χ1) is 16.1. The van der Waals surface area contributed by atoms with E-state index in [1.54, 1.807) is 19.1 Å². The molecule has 0 aliphatic rings. The number of amides is 2. The van der Waals surface area contributed by atoms with Crippen LogP contribution >= 0.6 is 0 Å². The maximum absolute atomic E-state index is 13.5. The van der Waals surface area contributed by atoms with Gasteiger partial charge in [0.1, 0.15) is 18.4 Å². The zero-order chi connectivity index (χ0) is 26.6. The van der Waals surface area contributed by atoms with Gasteiger partial charge >= 0.3 is 0 Å². The molecule has 0 unspecified atom stereocenters. The highest BCUT2D eigenvalue weighted by Crippen LogP contribution is 2.23. The fourth-order valence-corrected chi connectivity index (χ4v) is 4.33. The maximum Gasteiger partial charge on any atom is 0.244 e. The third-order valence-electron chi connectivity index (χ3n) is 5.46. The highest BCUT2D eigenvalue weighted by atomic mass is 32.2. The van der Waals surface area contributed by atoms with Gasteiger partial charge in [-0.05, 0) is 69.0 Å². The van der Waals surface area contributed by atoms with Crippen LogP contribution < -0.4 is 9.62 Å². The predicted molar refractivity (Wildman–Crippen MR) is 137 cm³/mol. The van der Waals surface area contributed by atoms with Gasteiger partial charge in [0.05, 0.1) is 11.9 Å². The number of benzene rings is 2. The van der Waals surface area contributed by atoms with Crippen molar-refractivity contribution in [1.29, 1.82) is 0 Å². The van der Waals surface area contributed by atoms with E-state index in [2.05, 4.69) is 5.32 Å². The lowest BCUT2D eigenvalue weighted by molar-refractivity contribution is -0.140. The number of hydrogen-bond acceptors (Lipinski definition) is 4. The van der Waals surface area contributed by atoms with Crippen molar-refractivity contribution in [3.8, 4) is 0 Å². The van der Waals surface area contributed by atoms with Gasteiger partial charge in [-0.2, -0.15) is 0 Å². The Morgan fingerprint density at radius 3 is 1.97 bits per heavy atom. The molecule has 7 nitrogen and oxygen atoms in total. The minimum atomic E-state index is -3.80. The second-order valence-electron chi connectivity index (χ2n) is 10.1. The van der Waals surface area contributed by atoms with Gasteiger partial charge in [0.25, 0.3) is 0 Å². The number of anilines is 1. The smallest absolute Gasteiger partial charge is 0.244 e. The molecule has 2 aromatic carbocycles. The van der Waals surface area contributed by atoms with Crippen LogP contribution in [0, 0.1) is 5.82 Å². The second kappa shape index (κ2) is 11.2. The zero-order valence-corrected chi connectivity index (χ0v) is 22.3. The van der Waals surface area contributed by atoms with Gasteiger partial charge in [0, 0.05) is 12.1 Å². The summed E-state index contributed by atoms with van der Waals surface area (Å²) in [7, 11) is -3.80. The minimum Gasteiger partial charge on any atom is -0.350 e. The number of nitrogens with zero attached hydrogens (tertiary/aromatic N) is 2. The number of carbonyl (C=O) groups excluding carboxylic acids is 2. The Kier molecular flexibility index (Phi) is 9.06. The molecule has 192 valence electrons. The second-order valence-corrected chi connectivity index (χ2v) is 12.0. The molecule has 2 amide bonds. The molecule has 1 N–H and O–H groups in total. The van der Waals surface area contributed by atoms with Crippen LogP contribution in [0.3, 0.4) is 0 Å². The molecule has 0 spiro atoms. The van der Waals surface area contributed by atoms with Gasteiger partial charge in [-0.1, -0.05) is 38.1 Å². The topological polar surface area (TPSA) is 86.8 Å². The van der Waals surface area contributed by atoms with E-state index in [0.717, 1.165) is 16.1 Å². The molecule has 2 rings (SSSR count). The predicted octanol–water partition coefficient (Wildman–Crippen LogP) is 4.05. The van der Waals surface area contributed by atoms with Crippen molar-refractivity contribution in [2.45, 2.75) is 65.6 Å². The molecule has 0 saturated heterocycles. The third-order valence-corrected chi connectivity index (χ3v) is 6.60. The average molecular weight is 506 g/mol. The lowest BCUT2D eigenvalue weighted by atomic mass is 10.0. The Morgan fingerprint density at radius 1 is 0.971 bits per heavy atom. The van der Waals surface area contributed by atoms with Crippen LogP contribution in [0.4, 0.5) is 10.1 Å². The third kappa shape index (κ3) is 8.35. The summed E-state index contributed by atoms with van der Waals surface area (Å²) in [6, 6.07) is 11.7. The van der Waals surface area contributed by atoms with E-state index in [1.165, 1.54) is 29.2 Å². The molecule has 0 aliphatic heterocycles. The summed E-state index contributed by atoms with van der Waals surface area (Å²) < 4.78 is 39.7. The standard InChI is InChI=1S/C26H36FN3O4S/c1-18(2)21-10-14-23(15-11-21)30(35(7,33)34)17-24(31)29(16-20-8-12-22(27)13-9-20)19(3)25(32)28-26(4,5)6/h8-15,18-19H,16-17H2,1-7H3,(H,28,32)/t19-/m1/s1. The molecule has 0 saturated carbocycles. The van der Waals surface area contributed by atoms with Gasteiger partial charge in [-0.15, -0.1) is 0 Å². The van der Waals surface area contributed by atoms with Gasteiger partial charge in [-0.25, -0.2) is 12.8 Å². The Balaban J connectivity index is 2.39. The van der Waals surface area contributed by atoms with E-state index in [0.29, 0.717) is 11.3 Å². The number of sulfonamides is 1. The largest absolute Gasteiger partial charge is 0.350 e. The highest BCUT2D eigenvalue weighted by Gasteiger charge is 2.31. The first-order valence-electron chi connectivity index (χ1n) is 11.5. The normalized spacial score (nSPS) is 12.8. The number of hydrogen-bond donors (Lipinski definition) is 1. The summed E-state index contributed by atoms with van der Waals surface area (Å²) in [5.74, 6) is -1.08. The summed E-state index contributed by atoms with van der Waals surface area (Å²) >= 11 is 0. The summed E-state index contributed by atoms with van der Waals surface area (Å²) in [4.78, 5) is 27.7. The monoisotopic (exact) mass is 505 g/mol. The first-order valence-corrected chi connectivity index (χ1v) is 13.4. The summed E-state index contributed by atoms with van der Waals surface area (Å²) in [6.07, 6.45) is 1.04. The van der Waals surface area contributed by atoms with Crippen LogP contribution in [0.1, 0.15) is 58.6 Å². The Morgan fingerprint density at radius 2 is 1.51 bits per heavy atom. The van der Waals surface area contributed by atoms with Crippen LogP contribution in [0.25, 0.3) is 0 Å². The Hall–Kier alpha value is -2.94. The molecule has 0 bridgehead atoms. The van der Waals surface area contributed by atoms with Crippen molar-refractivity contribution in [2.24, 2.45) is 0 Å². The van der Waals surface area contributed by atoms with E-state index in [1.807, 2.05) is 46.8 Å². The quantitative estimate of drug-likeness (QED) is 0.557. The van der Waals surface area contributed by atoms with Gasteiger partial charge in [0.15, 0.2) is 0 Å². The van der Waals surface area contributed by atoms with Crippen LogP contribution in [-0.2, 0) is 26.2 Å². The van der Waals surface area contributed by atoms with Crippen molar-refractivity contribution in [2.75, 3.05) is 17.1 Å². The fraction of sp³-hybridized carbons (Fsp3) is 0.462. The van der Waals surface area contributed by atoms with E-state index in [4.69, 9.17) is 0 Å². The van der Waals surface area contributed by atoms with Crippen LogP contribution in [0.2, 0.25) is 0 Å². The number of halogens is 1. The molecule has 35 heavy (non-hydrogen) atoms. The zero-order valence-electron chi connectivity index (χ0n) is 21.5.